The van der Waals surface area contributed by atoms with Crippen LogP contribution in [-0.4, -0.2) is 11.5 Å². The fourth-order valence-corrected chi connectivity index (χ4v) is 3.67. The van der Waals surface area contributed by atoms with Crippen LogP contribution in [0.5, 0.6) is 11.5 Å². The van der Waals surface area contributed by atoms with Crippen LogP contribution < -0.4 is 9.47 Å². The molecule has 0 bridgehead atoms. The summed E-state index contributed by atoms with van der Waals surface area (Å²) in [6.45, 7) is 6.23. The van der Waals surface area contributed by atoms with E-state index in [1.54, 1.807) is 42.5 Å². The Morgan fingerprint density at radius 2 is 1.97 bits per heavy atom. The van der Waals surface area contributed by atoms with Gasteiger partial charge in [-0.05, 0) is 48.7 Å². The van der Waals surface area contributed by atoms with Crippen LogP contribution in [0.25, 0.3) is 11.6 Å². The van der Waals surface area contributed by atoms with Crippen molar-refractivity contribution in [3.63, 3.8) is 0 Å². The van der Waals surface area contributed by atoms with Crippen LogP contribution in [-0.2, 0) is 13.0 Å². The van der Waals surface area contributed by atoms with E-state index in [1.807, 2.05) is 25.1 Å². The molecule has 0 aromatic heterocycles. The molecule has 0 aliphatic rings. The number of non-ortho nitro benzene ring substituents is 1. The second kappa shape index (κ2) is 11.7. The molecule has 3 rings (SSSR count). The van der Waals surface area contributed by atoms with Crippen molar-refractivity contribution in [3.05, 3.63) is 111 Å². The van der Waals surface area contributed by atoms with Gasteiger partial charge in [-0.15, -0.1) is 6.58 Å². The van der Waals surface area contributed by atoms with Gasteiger partial charge in [0.2, 0.25) is 0 Å². The highest BCUT2D eigenvalue weighted by molar-refractivity contribution is 6.32. The third-order valence-electron chi connectivity index (χ3n) is 4.92. The van der Waals surface area contributed by atoms with Gasteiger partial charge in [-0.25, -0.2) is 0 Å². The number of hydrogen-bond acceptors (Lipinski definition) is 5. The Morgan fingerprint density at radius 1 is 1.18 bits per heavy atom. The summed E-state index contributed by atoms with van der Waals surface area (Å²) in [5.74, 6) is 1.04. The van der Waals surface area contributed by atoms with Crippen molar-refractivity contribution in [1.82, 2.24) is 0 Å². The zero-order valence-electron chi connectivity index (χ0n) is 18.7. The first-order valence-corrected chi connectivity index (χ1v) is 11.0. The normalized spacial score (nSPS) is 10.9. The first-order chi connectivity index (χ1) is 16.5. The zero-order chi connectivity index (χ0) is 24.5. The number of halogens is 1. The molecule has 3 aromatic rings. The Morgan fingerprint density at radius 3 is 2.65 bits per heavy atom. The number of ether oxygens (including phenoxy) is 2. The van der Waals surface area contributed by atoms with Gasteiger partial charge in [0.1, 0.15) is 6.61 Å². The maximum absolute atomic E-state index is 11.1. The Hall–Kier alpha value is -4.08. The molecule has 0 fully saturated rings. The second-order valence-corrected chi connectivity index (χ2v) is 7.71. The summed E-state index contributed by atoms with van der Waals surface area (Å²) in [4.78, 5) is 10.6. The molecule has 7 heteroatoms. The summed E-state index contributed by atoms with van der Waals surface area (Å²) < 4.78 is 11.9. The third-order valence-corrected chi connectivity index (χ3v) is 5.25. The summed E-state index contributed by atoms with van der Waals surface area (Å²) in [5.41, 5.74) is 3.29. The first-order valence-electron chi connectivity index (χ1n) is 10.6. The zero-order valence-corrected chi connectivity index (χ0v) is 19.4. The van der Waals surface area contributed by atoms with E-state index in [2.05, 4.69) is 12.6 Å². The van der Waals surface area contributed by atoms with Crippen molar-refractivity contribution < 1.29 is 14.4 Å². The van der Waals surface area contributed by atoms with E-state index in [0.717, 1.165) is 11.1 Å². The van der Waals surface area contributed by atoms with Crippen molar-refractivity contribution in [2.24, 2.45) is 0 Å². The fourth-order valence-electron chi connectivity index (χ4n) is 3.43. The molecule has 0 spiro atoms. The van der Waals surface area contributed by atoms with Crippen LogP contribution in [0.15, 0.2) is 73.3 Å². The van der Waals surface area contributed by atoms with Gasteiger partial charge >= 0.3 is 0 Å². The number of nitriles is 1. The molecule has 0 amide bonds. The van der Waals surface area contributed by atoms with Crippen molar-refractivity contribution in [3.8, 4) is 17.6 Å². The van der Waals surface area contributed by atoms with Crippen LogP contribution in [0.1, 0.15) is 29.2 Å². The molecular formula is C27H23ClN2O4. The molecule has 34 heavy (non-hydrogen) atoms. The summed E-state index contributed by atoms with van der Waals surface area (Å²) in [6.07, 6.45) is 4.00. The van der Waals surface area contributed by atoms with E-state index in [4.69, 9.17) is 21.1 Å². The van der Waals surface area contributed by atoms with Gasteiger partial charge in [0.25, 0.3) is 5.69 Å². The summed E-state index contributed by atoms with van der Waals surface area (Å²) in [7, 11) is 0. The van der Waals surface area contributed by atoms with Crippen LogP contribution in [0, 0.1) is 21.4 Å². The number of benzene rings is 3. The molecule has 0 aliphatic heterocycles. The van der Waals surface area contributed by atoms with E-state index in [0.29, 0.717) is 46.2 Å². The van der Waals surface area contributed by atoms with E-state index in [1.165, 1.54) is 12.1 Å². The van der Waals surface area contributed by atoms with Gasteiger partial charge in [0, 0.05) is 28.3 Å². The van der Waals surface area contributed by atoms with Gasteiger partial charge in [-0.1, -0.05) is 48.0 Å². The lowest BCUT2D eigenvalue weighted by Crippen LogP contribution is -2.04. The number of nitro benzene ring substituents is 1. The highest BCUT2D eigenvalue weighted by Gasteiger charge is 2.15. The minimum absolute atomic E-state index is 0.00142. The van der Waals surface area contributed by atoms with Crippen molar-refractivity contribution in [2.75, 3.05) is 6.61 Å². The van der Waals surface area contributed by atoms with Crippen LogP contribution in [0.3, 0.4) is 0 Å². The van der Waals surface area contributed by atoms with Gasteiger partial charge in [-0.2, -0.15) is 5.26 Å². The molecule has 172 valence electrons. The second-order valence-electron chi connectivity index (χ2n) is 7.30. The van der Waals surface area contributed by atoms with Crippen molar-refractivity contribution >= 4 is 28.9 Å². The average Bonchev–Trinajstić information content (AvgIpc) is 2.83. The minimum Gasteiger partial charge on any atom is -0.490 e. The lowest BCUT2D eigenvalue weighted by Gasteiger charge is -2.17. The average molecular weight is 475 g/mol. The van der Waals surface area contributed by atoms with Crippen LogP contribution in [0.4, 0.5) is 5.69 Å². The smallest absolute Gasteiger partial charge is 0.269 e. The predicted octanol–water partition coefficient (Wildman–Crippen LogP) is 7.02. The molecule has 0 N–H and O–H groups in total. The number of nitro groups is 1. The van der Waals surface area contributed by atoms with Gasteiger partial charge in [0.05, 0.1) is 23.2 Å². The number of rotatable bonds is 10. The monoisotopic (exact) mass is 474 g/mol. The highest BCUT2D eigenvalue weighted by atomic mass is 35.5. The molecule has 0 aliphatic carbocycles. The van der Waals surface area contributed by atoms with Gasteiger partial charge in [-0.3, -0.25) is 10.1 Å². The Balaban J connectivity index is 2.01. The SMILES string of the molecule is C=CCc1cc(C=C(C#N)c2ccccc2Cl)cc(OCC)c1OCc1cccc([N+](=O)[O-])c1. The molecule has 0 unspecified atom stereocenters. The topological polar surface area (TPSA) is 85.4 Å². The Labute approximate surface area is 203 Å². The number of nitrogens with zero attached hydrogens (tertiary/aromatic N) is 2. The number of hydrogen-bond donors (Lipinski definition) is 0. The lowest BCUT2D eigenvalue weighted by atomic mass is 10.0. The Kier molecular flexibility index (Phi) is 8.44. The summed E-state index contributed by atoms with van der Waals surface area (Å²) in [5, 5.41) is 21.3. The third kappa shape index (κ3) is 6.03. The van der Waals surface area contributed by atoms with Gasteiger partial charge < -0.3 is 9.47 Å². The van der Waals surface area contributed by atoms with Crippen LogP contribution in [0.2, 0.25) is 5.02 Å². The Bertz CT molecular complexity index is 1280. The lowest BCUT2D eigenvalue weighted by molar-refractivity contribution is -0.384. The minimum atomic E-state index is -0.439. The van der Waals surface area contributed by atoms with Crippen molar-refractivity contribution in [2.45, 2.75) is 20.0 Å². The molecule has 0 radical (unpaired) electrons. The highest BCUT2D eigenvalue weighted by Crippen LogP contribution is 2.36. The van der Waals surface area contributed by atoms with Crippen molar-refractivity contribution in [1.29, 1.82) is 5.26 Å². The molecule has 0 heterocycles. The van der Waals surface area contributed by atoms with Gasteiger partial charge in [0.15, 0.2) is 11.5 Å². The quantitative estimate of drug-likeness (QED) is 0.104. The first kappa shape index (κ1) is 24.6. The largest absolute Gasteiger partial charge is 0.490 e. The molecular weight excluding hydrogens is 452 g/mol. The van der Waals surface area contributed by atoms with E-state index in [-0.39, 0.29) is 12.3 Å². The standard InChI is InChI=1S/C27H23ClN2O4/c1-3-8-21-13-20(14-22(17-29)24-11-5-6-12-25(24)28)16-26(33-4-2)27(21)34-18-19-9-7-10-23(15-19)30(31)32/h3,5-7,9-16H,1,4,8,18H2,2H3. The van der Waals surface area contributed by atoms with E-state index >= 15 is 0 Å². The molecule has 6 nitrogen and oxygen atoms in total. The molecule has 0 atom stereocenters. The summed E-state index contributed by atoms with van der Waals surface area (Å²) >= 11 is 6.29. The molecule has 0 saturated carbocycles. The maximum atomic E-state index is 11.1. The maximum Gasteiger partial charge on any atom is 0.269 e. The molecule has 0 saturated heterocycles. The summed E-state index contributed by atoms with van der Waals surface area (Å²) in [6, 6.07) is 19.4. The van der Waals surface area contributed by atoms with E-state index in [9.17, 15) is 15.4 Å². The van der Waals surface area contributed by atoms with Crippen LogP contribution >= 0.6 is 11.6 Å². The van der Waals surface area contributed by atoms with E-state index < -0.39 is 4.92 Å². The number of allylic oxidation sites excluding steroid dienone is 2. The fraction of sp³-hybridized carbons (Fsp3) is 0.148. The molecule has 3 aromatic carbocycles. The predicted molar refractivity (Wildman–Crippen MR) is 134 cm³/mol.